The van der Waals surface area contributed by atoms with Crippen molar-refractivity contribution in [2.45, 2.75) is 0 Å². The van der Waals surface area contributed by atoms with Gasteiger partial charge in [-0.25, -0.2) is 0 Å². The van der Waals surface area contributed by atoms with Crippen molar-refractivity contribution >= 4 is 5.91 Å². The molecule has 1 aromatic rings. The van der Waals surface area contributed by atoms with Gasteiger partial charge in [-0.2, -0.15) is 0 Å². The van der Waals surface area contributed by atoms with E-state index < -0.39 is 0 Å². The maximum Gasteiger partial charge on any atom is 0.254 e. The molecule has 0 radical (unpaired) electrons. The van der Waals surface area contributed by atoms with Crippen LogP contribution in [0, 0.1) is 0 Å². The van der Waals surface area contributed by atoms with Crippen molar-refractivity contribution in [2.24, 2.45) is 0 Å². The molecule has 0 aliphatic carbocycles. The van der Waals surface area contributed by atoms with Crippen LogP contribution in [0.5, 0.6) is 0 Å². The van der Waals surface area contributed by atoms with Crippen LogP contribution in [0.3, 0.4) is 0 Å². The van der Waals surface area contributed by atoms with Crippen molar-refractivity contribution < 1.29 is 4.79 Å². The summed E-state index contributed by atoms with van der Waals surface area (Å²) in [5.74, 6) is 0.0549. The zero-order valence-electron chi connectivity index (χ0n) is 8.90. The highest BCUT2D eigenvalue weighted by Crippen LogP contribution is 2.02. The number of amides is 1. The van der Waals surface area contributed by atoms with E-state index in [4.69, 9.17) is 0 Å². The van der Waals surface area contributed by atoms with Gasteiger partial charge in [0, 0.05) is 12.6 Å². The monoisotopic (exact) mass is 192 g/mol. The van der Waals surface area contributed by atoms with E-state index in [-0.39, 0.29) is 5.91 Å². The molecule has 1 rings (SSSR count). The molecule has 0 spiro atoms. The lowest BCUT2D eigenvalue weighted by Crippen LogP contribution is -2.35. The average molecular weight is 192 g/mol. The molecule has 0 fully saturated rings. The Labute approximate surface area is 84.9 Å². The van der Waals surface area contributed by atoms with Crippen LogP contribution >= 0.6 is 0 Å². The first-order valence-corrected chi connectivity index (χ1v) is 4.56. The Morgan fingerprint density at radius 1 is 1.14 bits per heavy atom. The molecule has 0 aliphatic heterocycles. The van der Waals surface area contributed by atoms with Crippen LogP contribution in [0.1, 0.15) is 10.4 Å². The predicted molar refractivity (Wildman–Crippen MR) is 57.1 cm³/mol. The van der Waals surface area contributed by atoms with E-state index in [1.165, 1.54) is 0 Å². The second-order valence-corrected chi connectivity index (χ2v) is 3.59. The molecule has 14 heavy (non-hydrogen) atoms. The molecule has 0 atom stereocenters. The van der Waals surface area contributed by atoms with Crippen molar-refractivity contribution in [1.82, 2.24) is 9.80 Å². The Kier molecular flexibility index (Phi) is 3.65. The smallest absolute Gasteiger partial charge is 0.254 e. The van der Waals surface area contributed by atoms with Gasteiger partial charge in [-0.15, -0.1) is 0 Å². The van der Waals surface area contributed by atoms with Crippen LogP contribution in [0.15, 0.2) is 30.3 Å². The third-order valence-electron chi connectivity index (χ3n) is 1.86. The second kappa shape index (κ2) is 4.77. The van der Waals surface area contributed by atoms with Crippen LogP contribution in [0.4, 0.5) is 0 Å². The molecule has 0 bridgehead atoms. The molecule has 0 unspecified atom stereocenters. The van der Waals surface area contributed by atoms with Gasteiger partial charge < -0.3 is 4.90 Å². The first-order valence-electron chi connectivity index (χ1n) is 4.56. The van der Waals surface area contributed by atoms with Crippen molar-refractivity contribution in [1.29, 1.82) is 0 Å². The topological polar surface area (TPSA) is 23.6 Å². The Bertz CT molecular complexity index is 295. The van der Waals surface area contributed by atoms with Crippen LogP contribution < -0.4 is 0 Å². The van der Waals surface area contributed by atoms with E-state index in [1.807, 2.05) is 49.3 Å². The highest BCUT2D eigenvalue weighted by Gasteiger charge is 2.10. The number of rotatable bonds is 3. The fraction of sp³-hybridized carbons (Fsp3) is 0.364. The first-order chi connectivity index (χ1) is 6.61. The van der Waals surface area contributed by atoms with Gasteiger partial charge in [-0.1, -0.05) is 18.2 Å². The molecule has 0 aromatic heterocycles. The summed E-state index contributed by atoms with van der Waals surface area (Å²) in [4.78, 5) is 15.4. The zero-order valence-corrected chi connectivity index (χ0v) is 8.90. The van der Waals surface area contributed by atoms with Gasteiger partial charge in [0.1, 0.15) is 0 Å². The van der Waals surface area contributed by atoms with E-state index in [0.717, 1.165) is 5.56 Å². The number of benzene rings is 1. The lowest BCUT2D eigenvalue weighted by molar-refractivity contribution is 0.0729. The van der Waals surface area contributed by atoms with Crippen molar-refractivity contribution in [2.75, 3.05) is 27.8 Å². The first kappa shape index (κ1) is 10.7. The summed E-state index contributed by atoms with van der Waals surface area (Å²) in [5.41, 5.74) is 0.733. The third-order valence-corrected chi connectivity index (χ3v) is 1.86. The van der Waals surface area contributed by atoms with Gasteiger partial charge in [0.25, 0.3) is 5.91 Å². The summed E-state index contributed by atoms with van der Waals surface area (Å²) < 4.78 is 0. The van der Waals surface area contributed by atoms with Crippen molar-refractivity contribution in [3.63, 3.8) is 0 Å². The fourth-order valence-electron chi connectivity index (χ4n) is 1.29. The summed E-state index contributed by atoms with van der Waals surface area (Å²) in [6.07, 6.45) is 0. The molecule has 1 aromatic carbocycles. The molecule has 0 heterocycles. The molecule has 0 N–H and O–H groups in total. The lowest BCUT2D eigenvalue weighted by atomic mass is 10.2. The normalized spacial score (nSPS) is 10.3. The van der Waals surface area contributed by atoms with Crippen LogP contribution in [0.25, 0.3) is 0 Å². The number of carbonyl (C=O) groups is 1. The quantitative estimate of drug-likeness (QED) is 0.673. The van der Waals surface area contributed by atoms with Crippen LogP contribution in [0.2, 0.25) is 0 Å². The summed E-state index contributed by atoms with van der Waals surface area (Å²) in [5, 5.41) is 0. The molecular weight excluding hydrogens is 176 g/mol. The molecule has 0 aliphatic rings. The summed E-state index contributed by atoms with van der Waals surface area (Å²) in [6, 6.07) is 9.30. The van der Waals surface area contributed by atoms with E-state index in [0.29, 0.717) is 6.67 Å². The Morgan fingerprint density at radius 2 is 1.71 bits per heavy atom. The predicted octanol–water partition coefficient (Wildman–Crippen LogP) is 1.28. The third kappa shape index (κ3) is 2.85. The summed E-state index contributed by atoms with van der Waals surface area (Å²) in [7, 11) is 5.68. The Balaban J connectivity index is 2.66. The standard InChI is InChI=1S/C11H16N2O/c1-12(2)9-13(3)11(14)10-7-5-4-6-8-10/h4-8H,9H2,1-3H3. The molecular formula is C11H16N2O. The van der Waals surface area contributed by atoms with E-state index in [9.17, 15) is 4.79 Å². The minimum absolute atomic E-state index is 0.0549. The van der Waals surface area contributed by atoms with Gasteiger partial charge in [0.15, 0.2) is 0 Å². The SMILES string of the molecule is CN(C)CN(C)C(=O)c1ccccc1. The van der Waals surface area contributed by atoms with Crippen LogP contribution in [-0.4, -0.2) is 43.5 Å². The van der Waals surface area contributed by atoms with E-state index in [1.54, 1.807) is 11.9 Å². The number of carbonyl (C=O) groups excluding carboxylic acids is 1. The summed E-state index contributed by atoms with van der Waals surface area (Å²) >= 11 is 0. The minimum atomic E-state index is 0.0549. The Hall–Kier alpha value is -1.35. The average Bonchev–Trinajstić information content (AvgIpc) is 2.17. The zero-order chi connectivity index (χ0) is 10.6. The van der Waals surface area contributed by atoms with Gasteiger partial charge in [0.2, 0.25) is 0 Å². The lowest BCUT2D eigenvalue weighted by Gasteiger charge is -2.21. The molecule has 76 valence electrons. The number of nitrogens with zero attached hydrogens (tertiary/aromatic N) is 2. The molecule has 3 nitrogen and oxygen atoms in total. The van der Waals surface area contributed by atoms with Gasteiger partial charge in [-0.3, -0.25) is 9.69 Å². The van der Waals surface area contributed by atoms with Gasteiger partial charge in [0.05, 0.1) is 6.67 Å². The minimum Gasteiger partial charge on any atom is -0.329 e. The molecule has 3 heteroatoms. The highest BCUT2D eigenvalue weighted by atomic mass is 16.2. The molecule has 1 amide bonds. The molecule has 0 saturated heterocycles. The van der Waals surface area contributed by atoms with Crippen LogP contribution in [-0.2, 0) is 0 Å². The fourth-order valence-corrected chi connectivity index (χ4v) is 1.29. The Morgan fingerprint density at radius 3 is 2.21 bits per heavy atom. The van der Waals surface area contributed by atoms with E-state index >= 15 is 0 Å². The maximum atomic E-state index is 11.8. The summed E-state index contributed by atoms with van der Waals surface area (Å²) in [6.45, 7) is 0.633. The van der Waals surface area contributed by atoms with Crippen molar-refractivity contribution in [3.8, 4) is 0 Å². The van der Waals surface area contributed by atoms with E-state index in [2.05, 4.69) is 0 Å². The largest absolute Gasteiger partial charge is 0.329 e. The van der Waals surface area contributed by atoms with Gasteiger partial charge in [-0.05, 0) is 26.2 Å². The number of hydrogen-bond acceptors (Lipinski definition) is 2. The second-order valence-electron chi connectivity index (χ2n) is 3.59. The van der Waals surface area contributed by atoms with Crippen molar-refractivity contribution in [3.05, 3.63) is 35.9 Å². The maximum absolute atomic E-state index is 11.8. The number of hydrogen-bond donors (Lipinski definition) is 0. The molecule has 0 saturated carbocycles. The van der Waals surface area contributed by atoms with Gasteiger partial charge >= 0.3 is 0 Å². The highest BCUT2D eigenvalue weighted by molar-refractivity contribution is 5.93.